The number of methoxy groups -OCH3 is 1. The molecule has 0 aliphatic carbocycles. The molecule has 0 saturated heterocycles. The van der Waals surface area contributed by atoms with Crippen molar-refractivity contribution in [1.82, 2.24) is 15.2 Å². The number of aromatic nitrogens is 1. The van der Waals surface area contributed by atoms with Gasteiger partial charge >= 0.3 is 0 Å². The molecule has 10 heteroatoms. The van der Waals surface area contributed by atoms with E-state index in [9.17, 15) is 14.4 Å². The van der Waals surface area contributed by atoms with Crippen LogP contribution in [-0.2, 0) is 20.7 Å². The molecule has 168 valence electrons. The minimum Gasteiger partial charge on any atom is -0.383 e. The number of carbonyl (C=O) groups excluding carboxylic acids is 3. The van der Waals surface area contributed by atoms with Crippen molar-refractivity contribution in [2.75, 3.05) is 38.7 Å². The number of amides is 3. The first-order valence-electron chi connectivity index (χ1n) is 9.83. The molecular formula is C21H27ClN4O4S. The highest BCUT2D eigenvalue weighted by Crippen LogP contribution is 2.16. The molecule has 31 heavy (non-hydrogen) atoms. The summed E-state index contributed by atoms with van der Waals surface area (Å²) in [6, 6.07) is 6.47. The summed E-state index contributed by atoms with van der Waals surface area (Å²) in [6.07, 6.45) is 0.147. The highest BCUT2D eigenvalue weighted by atomic mass is 35.5. The molecule has 0 unspecified atom stereocenters. The van der Waals surface area contributed by atoms with Crippen LogP contribution in [0.4, 0.5) is 5.13 Å². The van der Waals surface area contributed by atoms with Gasteiger partial charge in [-0.25, -0.2) is 4.98 Å². The Morgan fingerprint density at radius 3 is 2.55 bits per heavy atom. The number of halogens is 1. The van der Waals surface area contributed by atoms with Gasteiger partial charge in [-0.3, -0.25) is 14.4 Å². The third-order valence-corrected chi connectivity index (χ3v) is 5.18. The van der Waals surface area contributed by atoms with Crippen molar-refractivity contribution in [3.8, 4) is 0 Å². The van der Waals surface area contributed by atoms with Crippen LogP contribution < -0.4 is 10.6 Å². The van der Waals surface area contributed by atoms with Gasteiger partial charge in [-0.1, -0.05) is 25.4 Å². The third-order valence-electron chi connectivity index (χ3n) is 4.13. The minimum atomic E-state index is -0.386. The minimum absolute atomic E-state index is 0.115. The van der Waals surface area contributed by atoms with Gasteiger partial charge < -0.3 is 20.3 Å². The summed E-state index contributed by atoms with van der Waals surface area (Å²) in [6.45, 7) is 5.03. The Hall–Kier alpha value is -2.49. The predicted molar refractivity (Wildman–Crippen MR) is 122 cm³/mol. The topological polar surface area (TPSA) is 101 Å². The van der Waals surface area contributed by atoms with E-state index in [1.54, 1.807) is 29.6 Å². The van der Waals surface area contributed by atoms with E-state index >= 15 is 0 Å². The third kappa shape index (κ3) is 8.64. The highest BCUT2D eigenvalue weighted by molar-refractivity contribution is 7.13. The van der Waals surface area contributed by atoms with Crippen molar-refractivity contribution in [3.05, 3.63) is 45.9 Å². The number of anilines is 1. The lowest BCUT2D eigenvalue weighted by molar-refractivity contribution is -0.120. The van der Waals surface area contributed by atoms with Gasteiger partial charge in [0.2, 0.25) is 11.8 Å². The molecule has 0 aliphatic rings. The maximum atomic E-state index is 12.8. The first-order chi connectivity index (χ1) is 14.8. The van der Waals surface area contributed by atoms with Gasteiger partial charge in [0.15, 0.2) is 5.13 Å². The first-order valence-corrected chi connectivity index (χ1v) is 11.1. The molecule has 1 aromatic carbocycles. The largest absolute Gasteiger partial charge is 0.383 e. The molecule has 0 spiro atoms. The summed E-state index contributed by atoms with van der Waals surface area (Å²) in [5.41, 5.74) is 1.01. The number of rotatable bonds is 11. The van der Waals surface area contributed by atoms with Crippen LogP contribution in [0.1, 0.15) is 29.9 Å². The van der Waals surface area contributed by atoms with Crippen molar-refractivity contribution < 1.29 is 19.1 Å². The van der Waals surface area contributed by atoms with Crippen LogP contribution in [0.25, 0.3) is 0 Å². The standard InChI is InChI=1S/C21H27ClN4O4S/c1-14(2)11-23-18(27)10-17-13-31-21(24-17)25-19(28)12-26(8-9-30-3)20(29)15-4-6-16(22)7-5-15/h4-7,13-14H,8-12H2,1-3H3,(H,23,27)(H,24,25,28). The maximum absolute atomic E-state index is 12.8. The van der Waals surface area contributed by atoms with Crippen LogP contribution in [0.3, 0.4) is 0 Å². The first kappa shape index (κ1) is 24.8. The second-order valence-corrected chi connectivity index (χ2v) is 8.59. The lowest BCUT2D eigenvalue weighted by Crippen LogP contribution is -2.40. The van der Waals surface area contributed by atoms with Crippen molar-refractivity contribution in [3.63, 3.8) is 0 Å². The fourth-order valence-corrected chi connectivity index (χ4v) is 3.40. The molecule has 3 amide bonds. The number of hydrogen-bond donors (Lipinski definition) is 2. The number of carbonyl (C=O) groups is 3. The molecule has 0 saturated carbocycles. The van der Waals surface area contributed by atoms with Gasteiger partial charge in [-0.15, -0.1) is 11.3 Å². The summed E-state index contributed by atoms with van der Waals surface area (Å²) in [4.78, 5) is 42.9. The molecule has 8 nitrogen and oxygen atoms in total. The molecule has 1 aromatic heterocycles. The normalized spacial score (nSPS) is 10.7. The zero-order chi connectivity index (χ0) is 22.8. The molecule has 0 atom stereocenters. The Morgan fingerprint density at radius 2 is 1.90 bits per heavy atom. The summed E-state index contributed by atoms with van der Waals surface area (Å²) >= 11 is 7.11. The molecular weight excluding hydrogens is 440 g/mol. The molecule has 0 bridgehead atoms. The van der Waals surface area contributed by atoms with Gasteiger partial charge in [-0.05, 0) is 30.2 Å². The van der Waals surface area contributed by atoms with Crippen LogP contribution in [0.5, 0.6) is 0 Å². The number of ether oxygens (including phenoxy) is 1. The zero-order valence-electron chi connectivity index (χ0n) is 17.8. The Bertz CT molecular complexity index is 886. The lowest BCUT2D eigenvalue weighted by Gasteiger charge is -2.21. The average Bonchev–Trinajstić information content (AvgIpc) is 3.16. The van der Waals surface area contributed by atoms with E-state index in [1.165, 1.54) is 23.3 Å². The van der Waals surface area contributed by atoms with Crippen LogP contribution >= 0.6 is 22.9 Å². The SMILES string of the molecule is COCCN(CC(=O)Nc1nc(CC(=O)NCC(C)C)cs1)C(=O)c1ccc(Cl)cc1. The van der Waals surface area contributed by atoms with Gasteiger partial charge in [0.1, 0.15) is 6.54 Å². The Morgan fingerprint density at radius 1 is 1.19 bits per heavy atom. The maximum Gasteiger partial charge on any atom is 0.254 e. The molecule has 0 radical (unpaired) electrons. The number of benzene rings is 1. The van der Waals surface area contributed by atoms with Crippen LogP contribution in [-0.4, -0.2) is 61.0 Å². The van der Waals surface area contributed by atoms with Crippen LogP contribution in [0.2, 0.25) is 5.02 Å². The van der Waals surface area contributed by atoms with Gasteiger partial charge in [0, 0.05) is 36.2 Å². The molecule has 0 aliphatic heterocycles. The Balaban J connectivity index is 1.95. The van der Waals surface area contributed by atoms with Crippen molar-refractivity contribution >= 4 is 45.8 Å². The molecule has 2 aromatic rings. The van der Waals surface area contributed by atoms with E-state index < -0.39 is 0 Å². The molecule has 2 rings (SSSR count). The fourth-order valence-electron chi connectivity index (χ4n) is 2.55. The number of nitrogens with one attached hydrogen (secondary N) is 2. The monoisotopic (exact) mass is 466 g/mol. The quantitative estimate of drug-likeness (QED) is 0.530. The van der Waals surface area contributed by atoms with E-state index in [4.69, 9.17) is 16.3 Å². The zero-order valence-corrected chi connectivity index (χ0v) is 19.4. The van der Waals surface area contributed by atoms with Crippen molar-refractivity contribution in [1.29, 1.82) is 0 Å². The second-order valence-electron chi connectivity index (χ2n) is 7.29. The van der Waals surface area contributed by atoms with Crippen LogP contribution in [0, 0.1) is 5.92 Å². The Labute approximate surface area is 190 Å². The molecule has 1 heterocycles. The molecule has 2 N–H and O–H groups in total. The van der Waals surface area contributed by atoms with Crippen molar-refractivity contribution in [2.24, 2.45) is 5.92 Å². The van der Waals surface area contributed by atoms with Gasteiger partial charge in [0.25, 0.3) is 5.91 Å². The summed E-state index contributed by atoms with van der Waals surface area (Å²) in [7, 11) is 1.53. The predicted octanol–water partition coefficient (Wildman–Crippen LogP) is 2.84. The number of nitrogens with zero attached hydrogens (tertiary/aromatic N) is 2. The smallest absolute Gasteiger partial charge is 0.254 e. The number of thiazole rings is 1. The van der Waals surface area contributed by atoms with E-state index in [2.05, 4.69) is 15.6 Å². The van der Waals surface area contributed by atoms with Crippen molar-refractivity contribution in [2.45, 2.75) is 20.3 Å². The van der Waals surface area contributed by atoms with Gasteiger partial charge in [0.05, 0.1) is 18.7 Å². The fraction of sp³-hybridized carbons (Fsp3) is 0.429. The lowest BCUT2D eigenvalue weighted by atomic mass is 10.2. The number of hydrogen-bond acceptors (Lipinski definition) is 6. The summed E-state index contributed by atoms with van der Waals surface area (Å²) in [5, 5.41) is 8.15. The highest BCUT2D eigenvalue weighted by Gasteiger charge is 2.19. The van der Waals surface area contributed by atoms with Gasteiger partial charge in [-0.2, -0.15) is 0 Å². The van der Waals surface area contributed by atoms with E-state index in [-0.39, 0.29) is 37.2 Å². The van der Waals surface area contributed by atoms with E-state index in [0.717, 1.165) is 0 Å². The summed E-state index contributed by atoms with van der Waals surface area (Å²) < 4.78 is 5.06. The average molecular weight is 467 g/mol. The Kier molecular flexibility index (Phi) is 9.90. The van der Waals surface area contributed by atoms with Crippen LogP contribution in [0.15, 0.2) is 29.6 Å². The van der Waals surface area contributed by atoms with E-state index in [0.29, 0.717) is 40.5 Å². The molecule has 0 fully saturated rings. The van der Waals surface area contributed by atoms with E-state index in [1.807, 2.05) is 13.8 Å². The summed E-state index contributed by atoms with van der Waals surface area (Å²) in [5.74, 6) is -0.434. The second kappa shape index (κ2) is 12.4.